The van der Waals surface area contributed by atoms with Crippen LogP contribution in [0, 0.1) is 0 Å². The fraction of sp³-hybridized carbons (Fsp3) is 0.381. The second kappa shape index (κ2) is 8.75. The van der Waals surface area contributed by atoms with E-state index in [-0.39, 0.29) is 24.5 Å². The monoisotopic (exact) mass is 405 g/mol. The Hall–Kier alpha value is -2.38. The third-order valence-corrected chi connectivity index (χ3v) is 6.41. The normalized spacial score (nSPS) is 13.1. The van der Waals surface area contributed by atoms with Gasteiger partial charge in [0.05, 0.1) is 4.90 Å². The summed E-state index contributed by atoms with van der Waals surface area (Å²) in [4.78, 5) is 11.9. The van der Waals surface area contributed by atoms with E-state index in [0.717, 1.165) is 5.56 Å². The van der Waals surface area contributed by atoms with Gasteiger partial charge in [0.25, 0.3) is 10.0 Å². The standard InChI is InChI=1S/C21H27NO5S/c1-21(2,3)18-11-7-8-12-19(18)28(26,27)22(20(24)25)15-17(13-14-23)16-9-5-4-6-10-16/h4-12,17,23H,13-15H2,1-3H3,(H,24,25). The van der Waals surface area contributed by atoms with Crippen molar-refractivity contribution in [3.05, 3.63) is 65.7 Å². The molecule has 1 unspecified atom stereocenters. The van der Waals surface area contributed by atoms with Crippen molar-refractivity contribution < 1.29 is 23.4 Å². The Balaban J connectivity index is 2.50. The van der Waals surface area contributed by atoms with Gasteiger partial charge in [-0.3, -0.25) is 0 Å². The summed E-state index contributed by atoms with van der Waals surface area (Å²) in [5.74, 6) is -0.445. The second-order valence-corrected chi connectivity index (χ2v) is 9.52. The van der Waals surface area contributed by atoms with Gasteiger partial charge in [-0.2, -0.15) is 4.31 Å². The van der Waals surface area contributed by atoms with E-state index in [4.69, 9.17) is 0 Å². The fourth-order valence-electron chi connectivity index (χ4n) is 3.15. The first kappa shape index (κ1) is 21.9. The van der Waals surface area contributed by atoms with Gasteiger partial charge in [-0.1, -0.05) is 69.3 Å². The summed E-state index contributed by atoms with van der Waals surface area (Å²) in [6.07, 6.45) is -1.29. The average molecular weight is 406 g/mol. The number of hydrogen-bond acceptors (Lipinski definition) is 4. The maximum Gasteiger partial charge on any atom is 0.421 e. The molecule has 0 aliphatic rings. The van der Waals surface area contributed by atoms with Crippen molar-refractivity contribution in [1.82, 2.24) is 4.31 Å². The topological polar surface area (TPSA) is 94.9 Å². The predicted octanol–water partition coefficient (Wildman–Crippen LogP) is 3.82. The number of aliphatic hydroxyl groups is 1. The Morgan fingerprint density at radius 2 is 1.61 bits per heavy atom. The number of carboxylic acid groups (broad SMARTS) is 1. The minimum atomic E-state index is -4.28. The van der Waals surface area contributed by atoms with E-state index in [1.54, 1.807) is 42.5 Å². The molecule has 6 nitrogen and oxygen atoms in total. The summed E-state index contributed by atoms with van der Waals surface area (Å²) in [6.45, 7) is 5.20. The number of hydrogen-bond donors (Lipinski definition) is 2. The predicted molar refractivity (Wildman–Crippen MR) is 108 cm³/mol. The van der Waals surface area contributed by atoms with Gasteiger partial charge in [0, 0.05) is 19.1 Å². The van der Waals surface area contributed by atoms with E-state index < -0.39 is 27.4 Å². The van der Waals surface area contributed by atoms with Crippen LogP contribution in [0.5, 0.6) is 0 Å². The molecule has 1 amide bonds. The zero-order valence-corrected chi connectivity index (χ0v) is 17.2. The van der Waals surface area contributed by atoms with E-state index >= 15 is 0 Å². The third-order valence-electron chi connectivity index (χ3n) is 4.61. The van der Waals surface area contributed by atoms with Crippen LogP contribution in [0.15, 0.2) is 59.5 Å². The number of aliphatic hydroxyl groups excluding tert-OH is 1. The third kappa shape index (κ3) is 4.91. The van der Waals surface area contributed by atoms with E-state index in [0.29, 0.717) is 9.87 Å². The first-order valence-corrected chi connectivity index (χ1v) is 10.5. The summed E-state index contributed by atoms with van der Waals surface area (Å²) in [5, 5.41) is 19.1. The molecule has 1 atom stereocenters. The van der Waals surface area contributed by atoms with E-state index in [1.165, 1.54) is 6.07 Å². The molecular formula is C21H27NO5S. The lowest BCUT2D eigenvalue weighted by atomic mass is 9.87. The van der Waals surface area contributed by atoms with Crippen molar-refractivity contribution in [2.75, 3.05) is 13.2 Å². The maximum atomic E-state index is 13.3. The van der Waals surface area contributed by atoms with Crippen molar-refractivity contribution in [3.8, 4) is 0 Å². The molecule has 2 aromatic carbocycles. The van der Waals surface area contributed by atoms with Crippen molar-refractivity contribution in [1.29, 1.82) is 0 Å². The van der Waals surface area contributed by atoms with Crippen LogP contribution in [-0.2, 0) is 15.4 Å². The molecule has 0 aliphatic carbocycles. The Labute approximate surface area is 166 Å². The molecule has 0 aromatic heterocycles. The summed E-state index contributed by atoms with van der Waals surface area (Å²) >= 11 is 0. The Kier molecular flexibility index (Phi) is 6.85. The number of nitrogens with zero attached hydrogens (tertiary/aromatic N) is 1. The van der Waals surface area contributed by atoms with Crippen LogP contribution in [0.3, 0.4) is 0 Å². The zero-order chi connectivity index (χ0) is 20.9. The smallest absolute Gasteiger partial charge is 0.421 e. The number of benzene rings is 2. The maximum absolute atomic E-state index is 13.3. The molecule has 0 saturated carbocycles. The molecule has 2 aromatic rings. The Bertz CT molecular complexity index is 904. The number of carbonyl (C=O) groups is 1. The molecule has 152 valence electrons. The lowest BCUT2D eigenvalue weighted by Gasteiger charge is -2.28. The van der Waals surface area contributed by atoms with Crippen LogP contribution in [0.1, 0.15) is 44.2 Å². The van der Waals surface area contributed by atoms with Crippen molar-refractivity contribution in [2.45, 2.75) is 43.4 Å². The van der Waals surface area contributed by atoms with Crippen LogP contribution >= 0.6 is 0 Å². The van der Waals surface area contributed by atoms with Crippen LogP contribution < -0.4 is 0 Å². The lowest BCUT2D eigenvalue weighted by Crippen LogP contribution is -2.40. The summed E-state index contributed by atoms with van der Waals surface area (Å²) < 4.78 is 27.1. The van der Waals surface area contributed by atoms with Crippen molar-refractivity contribution in [3.63, 3.8) is 0 Å². The first-order chi connectivity index (χ1) is 13.1. The first-order valence-electron chi connectivity index (χ1n) is 9.10. The highest BCUT2D eigenvalue weighted by molar-refractivity contribution is 7.89. The minimum absolute atomic E-state index is 0.0132. The lowest BCUT2D eigenvalue weighted by molar-refractivity contribution is 0.168. The average Bonchev–Trinajstić information content (AvgIpc) is 2.64. The minimum Gasteiger partial charge on any atom is -0.464 e. The highest BCUT2D eigenvalue weighted by atomic mass is 32.2. The van der Waals surface area contributed by atoms with E-state index in [9.17, 15) is 23.4 Å². The zero-order valence-electron chi connectivity index (χ0n) is 16.4. The molecule has 28 heavy (non-hydrogen) atoms. The van der Waals surface area contributed by atoms with E-state index in [2.05, 4.69) is 0 Å². The molecule has 0 spiro atoms. The van der Waals surface area contributed by atoms with Gasteiger partial charge in [-0.05, 0) is 29.0 Å². The highest BCUT2D eigenvalue weighted by Crippen LogP contribution is 2.32. The van der Waals surface area contributed by atoms with Gasteiger partial charge in [0.2, 0.25) is 0 Å². The number of sulfonamides is 1. The highest BCUT2D eigenvalue weighted by Gasteiger charge is 2.35. The molecule has 2 N–H and O–H groups in total. The van der Waals surface area contributed by atoms with Crippen LogP contribution in [0.25, 0.3) is 0 Å². The molecule has 0 radical (unpaired) electrons. The SMILES string of the molecule is CC(C)(C)c1ccccc1S(=O)(=O)N(CC(CCO)c1ccccc1)C(=O)O. The van der Waals surface area contributed by atoms with Crippen LogP contribution in [0.2, 0.25) is 0 Å². The van der Waals surface area contributed by atoms with Crippen LogP contribution in [0.4, 0.5) is 4.79 Å². The molecule has 7 heteroatoms. The van der Waals surface area contributed by atoms with Gasteiger partial charge in [0.1, 0.15) is 0 Å². The van der Waals surface area contributed by atoms with Gasteiger partial charge in [-0.15, -0.1) is 0 Å². The summed E-state index contributed by atoms with van der Waals surface area (Å²) in [6, 6.07) is 15.5. The molecular weight excluding hydrogens is 378 g/mol. The molecule has 2 rings (SSSR count). The van der Waals surface area contributed by atoms with Gasteiger partial charge in [0.15, 0.2) is 0 Å². The van der Waals surface area contributed by atoms with Gasteiger partial charge >= 0.3 is 6.09 Å². The molecule has 0 aliphatic heterocycles. The molecule has 0 heterocycles. The largest absolute Gasteiger partial charge is 0.464 e. The Morgan fingerprint density at radius 3 is 2.14 bits per heavy atom. The summed E-state index contributed by atoms with van der Waals surface area (Å²) in [5.41, 5.74) is 0.861. The molecule has 0 saturated heterocycles. The number of rotatable bonds is 7. The fourth-order valence-corrected chi connectivity index (χ4v) is 4.88. The molecule has 0 bridgehead atoms. The number of amides is 1. The van der Waals surface area contributed by atoms with Gasteiger partial charge < -0.3 is 10.2 Å². The second-order valence-electron chi connectivity index (χ2n) is 7.68. The van der Waals surface area contributed by atoms with E-state index in [1.807, 2.05) is 26.8 Å². The van der Waals surface area contributed by atoms with Gasteiger partial charge in [-0.25, -0.2) is 13.2 Å². The summed E-state index contributed by atoms with van der Waals surface area (Å²) in [7, 11) is -4.28. The quantitative estimate of drug-likeness (QED) is 0.730. The van der Waals surface area contributed by atoms with Crippen LogP contribution in [-0.4, -0.2) is 42.2 Å². The Morgan fingerprint density at radius 1 is 1.04 bits per heavy atom. The van der Waals surface area contributed by atoms with Crippen molar-refractivity contribution in [2.24, 2.45) is 0 Å². The molecule has 0 fully saturated rings. The van der Waals surface area contributed by atoms with Crippen molar-refractivity contribution >= 4 is 16.1 Å².